The van der Waals surface area contributed by atoms with Crippen molar-refractivity contribution in [3.63, 3.8) is 0 Å². The molecule has 0 aliphatic heterocycles. The molecule has 0 aliphatic carbocycles. The summed E-state index contributed by atoms with van der Waals surface area (Å²) < 4.78 is 0. The van der Waals surface area contributed by atoms with Gasteiger partial charge in [-0.15, -0.1) is 6.58 Å². The minimum Gasteiger partial charge on any atom is -0.242 e. The summed E-state index contributed by atoms with van der Waals surface area (Å²) in [4.78, 5) is 3.73. The molecular formula is C7H12N2. The smallest absolute Gasteiger partial charge is 0.0864 e. The van der Waals surface area contributed by atoms with Crippen molar-refractivity contribution in [2.24, 2.45) is 4.99 Å². The third kappa shape index (κ3) is 4.98. The number of rotatable bonds is 4. The van der Waals surface area contributed by atoms with Crippen LogP contribution in [0.3, 0.4) is 0 Å². The Labute approximate surface area is 55.8 Å². The molecule has 2 nitrogen and oxygen atoms in total. The van der Waals surface area contributed by atoms with Crippen LogP contribution in [-0.2, 0) is 0 Å². The Bertz CT molecular complexity index is 123. The van der Waals surface area contributed by atoms with Crippen molar-refractivity contribution < 1.29 is 0 Å². The lowest BCUT2D eigenvalue weighted by molar-refractivity contribution is 0.681. The average molecular weight is 124 g/mol. The number of nitrogens with one attached hydrogen (secondary N) is 1. The summed E-state index contributed by atoms with van der Waals surface area (Å²) >= 11 is 0. The molecule has 0 bridgehead atoms. The van der Waals surface area contributed by atoms with Gasteiger partial charge in [-0.1, -0.05) is 6.08 Å². The first-order valence-corrected chi connectivity index (χ1v) is 3.03. The van der Waals surface area contributed by atoms with E-state index in [9.17, 15) is 0 Å². The molecule has 0 saturated carbocycles. The molecule has 2 heteroatoms. The first-order chi connectivity index (χ1) is 4.31. The lowest BCUT2D eigenvalue weighted by Crippen LogP contribution is -1.94. The fourth-order valence-corrected chi connectivity index (χ4v) is 0.534. The van der Waals surface area contributed by atoms with Crippen molar-refractivity contribution >= 4 is 6.01 Å². The molecule has 9 heavy (non-hydrogen) atoms. The average Bonchev–Trinajstić information content (AvgIpc) is 1.85. The van der Waals surface area contributed by atoms with Gasteiger partial charge in [-0.3, -0.25) is 0 Å². The normalized spacial score (nSPS) is 11.7. The van der Waals surface area contributed by atoms with Crippen molar-refractivity contribution in [3.05, 3.63) is 12.7 Å². The Morgan fingerprint density at radius 2 is 2.56 bits per heavy atom. The summed E-state index contributed by atoms with van der Waals surface area (Å²) in [5.74, 6) is 0. The van der Waals surface area contributed by atoms with Gasteiger partial charge in [0, 0.05) is 0 Å². The van der Waals surface area contributed by atoms with Gasteiger partial charge in [-0.25, -0.2) is 10.4 Å². The zero-order valence-electron chi connectivity index (χ0n) is 5.72. The zero-order valence-corrected chi connectivity index (χ0v) is 5.72. The van der Waals surface area contributed by atoms with Crippen LogP contribution < -0.4 is 0 Å². The van der Waals surface area contributed by atoms with E-state index in [0.29, 0.717) is 0 Å². The molecule has 0 fully saturated rings. The van der Waals surface area contributed by atoms with Crippen LogP contribution in [-0.4, -0.2) is 12.1 Å². The fraction of sp³-hybridized carbons (Fsp3) is 0.571. The number of allylic oxidation sites excluding steroid dienone is 1. The Kier molecular flexibility index (Phi) is 4.75. The number of hydrogen-bond acceptors (Lipinski definition) is 2. The lowest BCUT2D eigenvalue weighted by atomic mass is 10.2. The Morgan fingerprint density at radius 3 is 3.00 bits per heavy atom. The molecule has 0 aromatic heterocycles. The molecule has 50 valence electrons. The van der Waals surface area contributed by atoms with Gasteiger partial charge >= 0.3 is 0 Å². The molecule has 0 saturated heterocycles. The fourth-order valence-electron chi connectivity index (χ4n) is 0.534. The van der Waals surface area contributed by atoms with Crippen LogP contribution in [0.25, 0.3) is 0 Å². The van der Waals surface area contributed by atoms with Gasteiger partial charge in [-0.05, 0) is 19.8 Å². The highest BCUT2D eigenvalue weighted by Gasteiger charge is 1.93. The van der Waals surface area contributed by atoms with Crippen LogP contribution in [0.2, 0.25) is 0 Å². The molecule has 0 aromatic rings. The quantitative estimate of drug-likeness (QED) is 0.440. The Hall–Kier alpha value is -0.880. The summed E-state index contributed by atoms with van der Waals surface area (Å²) in [6.07, 6.45) is 3.79. The lowest BCUT2D eigenvalue weighted by Gasteiger charge is -1.97. The van der Waals surface area contributed by atoms with Crippen molar-refractivity contribution in [1.82, 2.24) is 0 Å². The second-order valence-corrected chi connectivity index (χ2v) is 1.96. The highest BCUT2D eigenvalue weighted by atomic mass is 14.8. The first-order valence-electron chi connectivity index (χ1n) is 3.03. The molecule has 0 spiro atoms. The maximum atomic E-state index is 6.53. The van der Waals surface area contributed by atoms with Crippen LogP contribution in [0.4, 0.5) is 0 Å². The standard InChI is InChI=1S/C7H12N2/c1-3-4-5-7(2)9-6-8/h3,7-8H,1,4-5H2,2H3. The third-order valence-electron chi connectivity index (χ3n) is 1.07. The van der Waals surface area contributed by atoms with E-state index in [0.717, 1.165) is 12.8 Å². The third-order valence-corrected chi connectivity index (χ3v) is 1.07. The molecule has 0 aliphatic rings. The molecular weight excluding hydrogens is 112 g/mol. The van der Waals surface area contributed by atoms with Crippen LogP contribution in [0.1, 0.15) is 19.8 Å². The van der Waals surface area contributed by atoms with Gasteiger partial charge in [-0.2, -0.15) is 0 Å². The SMILES string of the molecule is C=CCCC(C)N=C=N. The van der Waals surface area contributed by atoms with Crippen LogP contribution in [0.15, 0.2) is 17.6 Å². The van der Waals surface area contributed by atoms with E-state index in [-0.39, 0.29) is 6.04 Å². The zero-order chi connectivity index (χ0) is 7.11. The molecule has 0 rings (SSSR count). The largest absolute Gasteiger partial charge is 0.242 e. The molecule has 1 atom stereocenters. The Morgan fingerprint density at radius 1 is 1.89 bits per heavy atom. The number of hydrogen-bond donors (Lipinski definition) is 1. The molecule has 0 heterocycles. The van der Waals surface area contributed by atoms with E-state index in [4.69, 9.17) is 5.41 Å². The topological polar surface area (TPSA) is 36.2 Å². The molecule has 1 unspecified atom stereocenters. The van der Waals surface area contributed by atoms with Gasteiger partial charge in [0.1, 0.15) is 0 Å². The van der Waals surface area contributed by atoms with E-state index >= 15 is 0 Å². The predicted molar refractivity (Wildman–Crippen MR) is 39.0 cm³/mol. The highest BCUT2D eigenvalue weighted by Crippen LogP contribution is 1.99. The summed E-state index contributed by atoms with van der Waals surface area (Å²) in [7, 11) is 0. The van der Waals surface area contributed by atoms with E-state index in [1.807, 2.05) is 19.0 Å². The number of aliphatic imine (C=N–C) groups is 1. The van der Waals surface area contributed by atoms with Gasteiger partial charge in [0.05, 0.1) is 12.1 Å². The van der Waals surface area contributed by atoms with Crippen molar-refractivity contribution in [1.29, 1.82) is 5.41 Å². The van der Waals surface area contributed by atoms with Crippen LogP contribution in [0, 0.1) is 5.41 Å². The maximum absolute atomic E-state index is 6.53. The summed E-state index contributed by atoms with van der Waals surface area (Å²) in [6, 6.07) is 2.24. The minimum atomic E-state index is 0.223. The Balaban J connectivity index is 3.37. The van der Waals surface area contributed by atoms with E-state index < -0.39 is 0 Å². The van der Waals surface area contributed by atoms with E-state index in [2.05, 4.69) is 11.6 Å². The second-order valence-electron chi connectivity index (χ2n) is 1.96. The van der Waals surface area contributed by atoms with E-state index in [1.165, 1.54) is 0 Å². The second kappa shape index (κ2) is 5.26. The van der Waals surface area contributed by atoms with Crippen LogP contribution >= 0.6 is 0 Å². The first kappa shape index (κ1) is 8.12. The summed E-state index contributed by atoms with van der Waals surface area (Å²) in [6.45, 7) is 5.55. The molecule has 1 N–H and O–H groups in total. The van der Waals surface area contributed by atoms with Gasteiger partial charge < -0.3 is 0 Å². The molecule has 0 radical (unpaired) electrons. The number of nitrogens with zero attached hydrogens (tertiary/aromatic N) is 1. The maximum Gasteiger partial charge on any atom is 0.0864 e. The van der Waals surface area contributed by atoms with Gasteiger partial charge in [0.2, 0.25) is 0 Å². The van der Waals surface area contributed by atoms with Crippen molar-refractivity contribution in [3.8, 4) is 0 Å². The summed E-state index contributed by atoms with van der Waals surface area (Å²) in [5, 5.41) is 6.53. The minimum absolute atomic E-state index is 0.223. The van der Waals surface area contributed by atoms with E-state index in [1.54, 1.807) is 0 Å². The summed E-state index contributed by atoms with van der Waals surface area (Å²) in [5.41, 5.74) is 0. The highest BCUT2D eigenvalue weighted by molar-refractivity contribution is 5.36. The van der Waals surface area contributed by atoms with Gasteiger partial charge in [0.25, 0.3) is 0 Å². The van der Waals surface area contributed by atoms with Crippen LogP contribution in [0.5, 0.6) is 0 Å². The molecule has 0 amide bonds. The van der Waals surface area contributed by atoms with Gasteiger partial charge in [0.15, 0.2) is 0 Å². The predicted octanol–water partition coefficient (Wildman–Crippen LogP) is 2.09. The van der Waals surface area contributed by atoms with Crippen molar-refractivity contribution in [2.75, 3.05) is 0 Å². The van der Waals surface area contributed by atoms with Crippen molar-refractivity contribution in [2.45, 2.75) is 25.8 Å². The molecule has 0 aromatic carbocycles. The monoisotopic (exact) mass is 124 g/mol.